The summed E-state index contributed by atoms with van der Waals surface area (Å²) < 4.78 is 25.9. The van der Waals surface area contributed by atoms with Gasteiger partial charge in [-0.3, -0.25) is 9.26 Å². The van der Waals surface area contributed by atoms with Crippen LogP contribution in [0.15, 0.2) is 0 Å². The van der Waals surface area contributed by atoms with Gasteiger partial charge in [0.2, 0.25) is 0 Å². The topological polar surface area (TPSA) is 54.4 Å². The van der Waals surface area contributed by atoms with E-state index in [0.717, 1.165) is 0 Å². The molecule has 0 aliphatic carbocycles. The molecule has 0 atom stereocenters. The maximum absolute atomic E-state index is 9.19. The molecule has 0 bridgehead atoms. The number of rotatable bonds is 0. The standard InChI is InChI=1S/CH4O3S.FH.Li/c1-5(2,3)4;;/h1H3,(H,2,3,4);1H;. The Morgan fingerprint density at radius 1 is 1.43 bits per heavy atom. The second-order valence-electron chi connectivity index (χ2n) is 0.733. The number of hydrogen-bond donors (Lipinski definition) is 1. The zero-order valence-corrected chi connectivity index (χ0v) is 4.90. The Morgan fingerprint density at radius 3 is 1.43 bits per heavy atom. The van der Waals surface area contributed by atoms with Gasteiger partial charge in [0.05, 0.1) is 6.26 Å². The van der Waals surface area contributed by atoms with Gasteiger partial charge in [0.15, 0.2) is 0 Å². The van der Waals surface area contributed by atoms with Crippen molar-refractivity contribution >= 4 is 29.0 Å². The van der Waals surface area contributed by atoms with Gasteiger partial charge >= 0.3 is 0 Å². The van der Waals surface area contributed by atoms with E-state index in [1.54, 1.807) is 0 Å². The van der Waals surface area contributed by atoms with E-state index >= 15 is 0 Å². The van der Waals surface area contributed by atoms with Crippen molar-refractivity contribution in [3.63, 3.8) is 0 Å². The first-order valence-corrected chi connectivity index (χ1v) is 2.77. The van der Waals surface area contributed by atoms with Crippen LogP contribution in [0.3, 0.4) is 0 Å². The molecule has 0 aliphatic heterocycles. The van der Waals surface area contributed by atoms with Crippen molar-refractivity contribution in [2.45, 2.75) is 0 Å². The Labute approximate surface area is 53.4 Å². The molecule has 0 aliphatic rings. The second kappa shape index (κ2) is 4.59. The molecule has 0 saturated heterocycles. The van der Waals surface area contributed by atoms with Gasteiger partial charge in [-0.1, -0.05) is 0 Å². The molecule has 0 amide bonds. The van der Waals surface area contributed by atoms with Crippen molar-refractivity contribution in [3.05, 3.63) is 0 Å². The summed E-state index contributed by atoms with van der Waals surface area (Å²) in [6, 6.07) is 0. The van der Waals surface area contributed by atoms with Crippen LogP contribution >= 0.6 is 0 Å². The van der Waals surface area contributed by atoms with Crippen LogP contribution in [-0.4, -0.2) is 38.1 Å². The van der Waals surface area contributed by atoms with Crippen LogP contribution in [0.1, 0.15) is 0 Å². The minimum atomic E-state index is -3.67. The van der Waals surface area contributed by atoms with Crippen LogP contribution < -0.4 is 0 Å². The van der Waals surface area contributed by atoms with E-state index < -0.39 is 10.1 Å². The van der Waals surface area contributed by atoms with Gasteiger partial charge < -0.3 is 0 Å². The van der Waals surface area contributed by atoms with Crippen molar-refractivity contribution in [2.75, 3.05) is 6.26 Å². The first-order chi connectivity index (χ1) is 2.00. The molecule has 0 rings (SSSR count). The summed E-state index contributed by atoms with van der Waals surface area (Å²) in [7, 11) is -3.67. The summed E-state index contributed by atoms with van der Waals surface area (Å²) in [4.78, 5) is 0. The molecule has 7 heavy (non-hydrogen) atoms. The summed E-state index contributed by atoms with van der Waals surface area (Å²) >= 11 is 0. The number of hydrogen-bond acceptors (Lipinski definition) is 2. The first kappa shape index (κ1) is 15.7. The molecule has 1 N–H and O–H groups in total. The SMILES string of the molecule is CS(=O)(=O)O.F.[Li]. The van der Waals surface area contributed by atoms with Crippen molar-refractivity contribution in [3.8, 4) is 0 Å². The molecular formula is CH5FLiO3S. The van der Waals surface area contributed by atoms with Crippen LogP contribution in [0, 0.1) is 0 Å². The summed E-state index contributed by atoms with van der Waals surface area (Å²) in [5.74, 6) is 0. The Balaban J connectivity index is -0.0000000800. The average Bonchev–Trinajstić information content (AvgIpc) is 0.722. The first-order valence-electron chi connectivity index (χ1n) is 0.924. The summed E-state index contributed by atoms with van der Waals surface area (Å²) in [5, 5.41) is 0. The van der Waals surface area contributed by atoms with Crippen molar-refractivity contribution in [2.24, 2.45) is 0 Å². The molecule has 0 unspecified atom stereocenters. The largest absolute Gasteiger partial charge is 0.286 e. The molecule has 0 heterocycles. The predicted molar refractivity (Wildman–Crippen MR) is 25.7 cm³/mol. The minimum absolute atomic E-state index is 0. The van der Waals surface area contributed by atoms with Crippen LogP contribution in [0.25, 0.3) is 0 Å². The fraction of sp³-hybridized carbons (Fsp3) is 1.00. The quantitative estimate of drug-likeness (QED) is 0.341. The molecule has 0 fully saturated rings. The molecule has 0 aromatic heterocycles. The summed E-state index contributed by atoms with van der Waals surface area (Å²) in [6.07, 6.45) is 0.715. The third-order valence-corrected chi connectivity index (χ3v) is 0. The van der Waals surface area contributed by atoms with Gasteiger partial charge in [0.1, 0.15) is 0 Å². The van der Waals surface area contributed by atoms with Gasteiger partial charge in [-0.2, -0.15) is 8.42 Å². The van der Waals surface area contributed by atoms with Gasteiger partial charge in [0.25, 0.3) is 10.1 Å². The van der Waals surface area contributed by atoms with Gasteiger partial charge in [-0.05, 0) is 0 Å². The van der Waals surface area contributed by atoms with E-state index in [0.29, 0.717) is 6.26 Å². The Hall–Kier alpha value is 0.437. The van der Waals surface area contributed by atoms with Crippen LogP contribution in [0.2, 0.25) is 0 Å². The molecular weight excluding hydrogens is 118 g/mol. The van der Waals surface area contributed by atoms with E-state index in [4.69, 9.17) is 4.55 Å². The summed E-state index contributed by atoms with van der Waals surface area (Å²) in [5.41, 5.74) is 0. The molecule has 41 valence electrons. The summed E-state index contributed by atoms with van der Waals surface area (Å²) in [6.45, 7) is 0. The van der Waals surface area contributed by atoms with E-state index in [-0.39, 0.29) is 23.6 Å². The molecule has 0 saturated carbocycles. The van der Waals surface area contributed by atoms with Crippen molar-refractivity contribution < 1.29 is 17.7 Å². The fourth-order valence-electron chi connectivity index (χ4n) is 0. The number of halogens is 1. The van der Waals surface area contributed by atoms with E-state index in [9.17, 15) is 8.42 Å². The third-order valence-electron chi connectivity index (χ3n) is 0. The van der Waals surface area contributed by atoms with Gasteiger partial charge in [-0.15, -0.1) is 0 Å². The molecule has 0 aromatic rings. The van der Waals surface area contributed by atoms with E-state index in [1.807, 2.05) is 0 Å². The normalized spacial score (nSPS) is 8.29. The molecule has 1 radical (unpaired) electrons. The van der Waals surface area contributed by atoms with Crippen molar-refractivity contribution in [1.82, 2.24) is 0 Å². The Bertz CT molecular complexity index is 98.1. The zero-order chi connectivity index (χ0) is 4.50. The minimum Gasteiger partial charge on any atom is -0.286 e. The van der Waals surface area contributed by atoms with E-state index in [2.05, 4.69) is 0 Å². The fourth-order valence-corrected chi connectivity index (χ4v) is 0. The van der Waals surface area contributed by atoms with Crippen LogP contribution in [0.4, 0.5) is 4.70 Å². The molecule has 0 spiro atoms. The zero-order valence-electron chi connectivity index (χ0n) is 4.08. The van der Waals surface area contributed by atoms with Gasteiger partial charge in [0, 0.05) is 18.9 Å². The van der Waals surface area contributed by atoms with Crippen LogP contribution in [0.5, 0.6) is 0 Å². The maximum atomic E-state index is 9.19. The van der Waals surface area contributed by atoms with E-state index in [1.165, 1.54) is 0 Å². The monoisotopic (exact) mass is 123 g/mol. The molecule has 3 nitrogen and oxygen atoms in total. The van der Waals surface area contributed by atoms with Gasteiger partial charge in [-0.25, -0.2) is 0 Å². The maximum Gasteiger partial charge on any atom is 0.261 e. The Morgan fingerprint density at radius 2 is 1.43 bits per heavy atom. The average molecular weight is 123 g/mol. The van der Waals surface area contributed by atoms with Crippen LogP contribution in [-0.2, 0) is 10.1 Å². The second-order valence-corrected chi connectivity index (χ2v) is 2.20. The third kappa shape index (κ3) is 663. The predicted octanol–water partition coefficient (Wildman–Crippen LogP) is -0.724. The molecule has 0 aromatic carbocycles. The van der Waals surface area contributed by atoms with Crippen molar-refractivity contribution in [1.29, 1.82) is 0 Å². The smallest absolute Gasteiger partial charge is 0.261 e. The molecule has 6 heteroatoms. The Kier molecular flexibility index (Phi) is 10.3.